The average Bonchev–Trinajstić information content (AvgIpc) is 1.44. The molecule has 0 fully saturated rings. The van der Waals surface area contributed by atoms with E-state index in [1.165, 1.54) is 11.3 Å². The molecule has 13 aromatic rings. The molecule has 13 rings (SSSR count). The summed E-state index contributed by atoms with van der Waals surface area (Å²) in [4.78, 5) is 1.06. The third-order valence-corrected chi connectivity index (χ3v) is 12.6. The van der Waals surface area contributed by atoms with Crippen molar-refractivity contribution in [1.29, 1.82) is 0 Å². The molecule has 0 saturated carbocycles. The molecule has 0 radical (unpaired) electrons. The van der Waals surface area contributed by atoms with E-state index in [0.717, 1.165) is 42.7 Å². The van der Waals surface area contributed by atoms with E-state index in [9.17, 15) is 13.7 Å². The van der Waals surface area contributed by atoms with E-state index in [0.29, 0.717) is 21.0 Å². The van der Waals surface area contributed by atoms with Crippen LogP contribution in [0.25, 0.3) is 103 Å². The Kier molecular flexibility index (Phi) is 5.02. The fraction of sp³-hybridized carbons (Fsp3) is 0. The van der Waals surface area contributed by atoms with Gasteiger partial charge in [0.2, 0.25) is 0 Å². The number of rotatable bonds is 7. The fourth-order valence-corrected chi connectivity index (χ4v) is 9.79. The number of para-hydroxylation sites is 3. The van der Waals surface area contributed by atoms with Gasteiger partial charge in [0.15, 0.2) is 0 Å². The summed E-state index contributed by atoms with van der Waals surface area (Å²) >= 11 is 1.37. The van der Waals surface area contributed by atoms with Gasteiger partial charge in [0, 0.05) is 53.4 Å². The quantitative estimate of drug-likeness (QED) is 0.155. The topological polar surface area (TPSA) is 8.17 Å². The second-order valence-electron chi connectivity index (χ2n) is 15.1. The number of nitrogens with zero attached hydrogens (tertiary/aromatic N) is 2. The third-order valence-electron chi connectivity index (χ3n) is 11.4. The molecule has 11 aromatic carbocycles. The highest BCUT2D eigenvalue weighted by atomic mass is 32.1. The number of anilines is 3. The standard InChI is InChI=1S/C62H40N2S/c1-3-15-45-39-47(27-25-41(45)13-1)43-29-33-49(34-30-43)63(50-35-31-44(32-36-50)48-28-26-42-14-2-4-16-46(42)40-48)59-38-37-54(62-61(59)55-20-8-12-24-60(55)65-62)53-19-7-11-23-58(53)64-56-21-9-5-17-51(56)52-18-6-10-22-57(52)64/h1-40H/i1D,2D,3D,4D,13D,14D,15D,16D,25D,26D,27D,28D,29D,30D,31D,32D,33D,34D,35D,36D,39D,40D. The Labute approximate surface area is 412 Å². The smallest absolute Gasteiger partial charge is 0.0645 e. The lowest BCUT2D eigenvalue weighted by Gasteiger charge is -2.27. The first-order chi connectivity index (χ1) is 41.4. The number of fused-ring (bicyclic) bond motifs is 8. The Morgan fingerprint density at radius 1 is 0.400 bits per heavy atom. The molecule has 3 heteroatoms. The lowest BCUT2D eigenvalue weighted by molar-refractivity contribution is 1.18. The summed E-state index contributed by atoms with van der Waals surface area (Å²) < 4.78 is 205. The number of hydrogen-bond donors (Lipinski definition) is 0. The summed E-state index contributed by atoms with van der Waals surface area (Å²) in [7, 11) is 0. The van der Waals surface area contributed by atoms with Crippen LogP contribution in [-0.4, -0.2) is 4.57 Å². The third kappa shape index (κ3) is 6.24. The molecule has 2 heterocycles. The van der Waals surface area contributed by atoms with E-state index < -0.39 is 188 Å². The Hall–Kier alpha value is -8.24. The van der Waals surface area contributed by atoms with Crippen molar-refractivity contribution in [3.05, 3.63) is 242 Å². The van der Waals surface area contributed by atoms with Gasteiger partial charge in [-0.3, -0.25) is 0 Å². The summed E-state index contributed by atoms with van der Waals surface area (Å²) in [5.74, 6) is 0. The molecule has 0 bridgehead atoms. The monoisotopic (exact) mass is 866 g/mol. The first-order valence-electron chi connectivity index (χ1n) is 31.5. The normalized spacial score (nSPS) is 16.4. The number of hydrogen-bond acceptors (Lipinski definition) is 2. The van der Waals surface area contributed by atoms with Gasteiger partial charge in [-0.2, -0.15) is 0 Å². The van der Waals surface area contributed by atoms with E-state index in [-0.39, 0.29) is 5.69 Å². The number of aromatic nitrogens is 1. The molecule has 0 amide bonds. The zero-order valence-corrected chi connectivity index (χ0v) is 34.5. The molecular formula is C62H40N2S. The lowest BCUT2D eigenvalue weighted by Crippen LogP contribution is -2.10. The van der Waals surface area contributed by atoms with Crippen molar-refractivity contribution in [3.63, 3.8) is 0 Å². The lowest BCUT2D eigenvalue weighted by atomic mass is 9.97. The molecule has 0 aliphatic heterocycles. The summed E-state index contributed by atoms with van der Waals surface area (Å²) in [5.41, 5.74) is 0.0135. The molecule has 2 nitrogen and oxygen atoms in total. The van der Waals surface area contributed by atoms with Crippen LogP contribution in [0.5, 0.6) is 0 Å². The van der Waals surface area contributed by atoms with Crippen molar-refractivity contribution in [2.45, 2.75) is 0 Å². The second-order valence-corrected chi connectivity index (χ2v) is 16.2. The largest absolute Gasteiger partial charge is 0.310 e. The summed E-state index contributed by atoms with van der Waals surface area (Å²) in [6.07, 6.45) is 0. The number of benzene rings is 11. The Balaban J connectivity index is 1.14. The Morgan fingerprint density at radius 3 is 1.49 bits per heavy atom. The average molecular weight is 867 g/mol. The van der Waals surface area contributed by atoms with Crippen LogP contribution >= 0.6 is 11.3 Å². The van der Waals surface area contributed by atoms with Crippen LogP contribution in [0.1, 0.15) is 30.2 Å². The molecule has 0 N–H and O–H groups in total. The van der Waals surface area contributed by atoms with Gasteiger partial charge >= 0.3 is 0 Å². The van der Waals surface area contributed by atoms with Crippen molar-refractivity contribution in [1.82, 2.24) is 4.57 Å². The van der Waals surface area contributed by atoms with Crippen LogP contribution in [0.15, 0.2) is 242 Å². The Bertz CT molecular complexity index is 4990. The minimum Gasteiger partial charge on any atom is -0.310 e. The molecule has 0 aliphatic carbocycles. The SMILES string of the molecule is [2H]c1c([2H])c(N(c2c([2H])c([2H])c(-c3c([2H])c([2H])c4c([2H])c([2H])c([2H])c([2H])c4c3[2H])c([2H])c2[2H])c2ccc(-c3ccccc3-n3c4ccccc4c4ccccc43)c3sc4ccccc4c23)c([2H])c([2H])c1-c1c([2H])c([2H])c2c([2H])c([2H])c([2H])c([2H])c2c1[2H]. The predicted octanol–water partition coefficient (Wildman–Crippen LogP) is 17.9. The Morgan fingerprint density at radius 2 is 0.892 bits per heavy atom. The van der Waals surface area contributed by atoms with Crippen LogP contribution in [-0.2, 0) is 0 Å². The van der Waals surface area contributed by atoms with Crippen LogP contribution in [0.3, 0.4) is 0 Å². The highest BCUT2D eigenvalue weighted by molar-refractivity contribution is 7.26. The molecular weight excluding hydrogens is 805 g/mol. The summed E-state index contributed by atoms with van der Waals surface area (Å²) in [6, 6.07) is 16.4. The minimum atomic E-state index is -0.922. The summed E-state index contributed by atoms with van der Waals surface area (Å²) in [5, 5.41) is 1.03. The van der Waals surface area contributed by atoms with Crippen LogP contribution in [0, 0.1) is 0 Å². The van der Waals surface area contributed by atoms with Gasteiger partial charge in [-0.25, -0.2) is 0 Å². The van der Waals surface area contributed by atoms with Gasteiger partial charge in [0.1, 0.15) is 0 Å². The molecule has 304 valence electrons. The van der Waals surface area contributed by atoms with Crippen molar-refractivity contribution in [3.8, 4) is 39.1 Å². The van der Waals surface area contributed by atoms with E-state index in [2.05, 4.69) is 4.57 Å². The van der Waals surface area contributed by atoms with Crippen molar-refractivity contribution >= 4 is 91.9 Å². The molecule has 65 heavy (non-hydrogen) atoms. The molecule has 0 saturated heterocycles. The first-order valence-corrected chi connectivity index (χ1v) is 21.3. The molecule has 0 unspecified atom stereocenters. The number of thiophene rings is 1. The molecule has 0 atom stereocenters. The summed E-state index contributed by atoms with van der Waals surface area (Å²) in [6.45, 7) is 0. The highest BCUT2D eigenvalue weighted by Gasteiger charge is 2.23. The second kappa shape index (κ2) is 15.2. The van der Waals surface area contributed by atoms with Crippen molar-refractivity contribution in [2.75, 3.05) is 4.90 Å². The first kappa shape index (κ1) is 21.4. The van der Waals surface area contributed by atoms with Crippen molar-refractivity contribution < 1.29 is 30.2 Å². The van der Waals surface area contributed by atoms with E-state index in [1.807, 2.05) is 91.0 Å². The maximum Gasteiger partial charge on any atom is 0.0645 e. The van der Waals surface area contributed by atoms with Crippen LogP contribution in [0.4, 0.5) is 17.1 Å². The molecule has 0 aliphatic rings. The van der Waals surface area contributed by atoms with E-state index in [1.54, 1.807) is 18.2 Å². The van der Waals surface area contributed by atoms with E-state index in [4.69, 9.17) is 16.4 Å². The molecule has 2 aromatic heterocycles. The zero-order chi connectivity index (χ0) is 62.0. The van der Waals surface area contributed by atoms with Gasteiger partial charge in [-0.05, 0) is 110 Å². The van der Waals surface area contributed by atoms with Crippen LogP contribution < -0.4 is 4.90 Å². The molecule has 0 spiro atoms. The van der Waals surface area contributed by atoms with Gasteiger partial charge < -0.3 is 9.47 Å². The van der Waals surface area contributed by atoms with E-state index >= 15 is 0 Å². The van der Waals surface area contributed by atoms with Gasteiger partial charge in [-0.1, -0.05) is 176 Å². The van der Waals surface area contributed by atoms with Crippen molar-refractivity contribution in [2.24, 2.45) is 0 Å². The fourth-order valence-electron chi connectivity index (χ4n) is 8.54. The van der Waals surface area contributed by atoms with Gasteiger partial charge in [0.25, 0.3) is 0 Å². The highest BCUT2D eigenvalue weighted by Crippen LogP contribution is 2.50. The maximum atomic E-state index is 9.98. The zero-order valence-electron chi connectivity index (χ0n) is 55.7. The van der Waals surface area contributed by atoms with Gasteiger partial charge in [-0.15, -0.1) is 11.3 Å². The maximum absolute atomic E-state index is 9.98. The predicted molar refractivity (Wildman–Crippen MR) is 280 cm³/mol. The van der Waals surface area contributed by atoms with Gasteiger partial charge in [0.05, 0.1) is 52.6 Å². The minimum absolute atomic E-state index is 0.0117. The van der Waals surface area contributed by atoms with Crippen LogP contribution in [0.2, 0.25) is 0 Å².